The summed E-state index contributed by atoms with van der Waals surface area (Å²) in [5.41, 5.74) is 10.8. The molecule has 1 heterocycles. The molecular formula is C12H13N5O3. The molecule has 1 aromatic heterocycles. The van der Waals surface area contributed by atoms with Gasteiger partial charge in [0.15, 0.2) is 19.0 Å². The van der Waals surface area contributed by atoms with Crippen LogP contribution in [0.1, 0.15) is 5.82 Å². The maximum atomic E-state index is 11.5. The average Bonchev–Trinajstić information content (AvgIpc) is 2.43. The van der Waals surface area contributed by atoms with E-state index in [2.05, 4.69) is 15.0 Å². The highest BCUT2D eigenvalue weighted by Gasteiger charge is 2.07. The van der Waals surface area contributed by atoms with E-state index in [1.54, 1.807) is 24.3 Å². The first-order chi connectivity index (χ1) is 9.63. The Kier molecular flexibility index (Phi) is 4.28. The van der Waals surface area contributed by atoms with Gasteiger partial charge in [-0.3, -0.25) is 0 Å². The van der Waals surface area contributed by atoms with E-state index in [1.165, 1.54) is 0 Å². The number of ether oxygens (including phenoxy) is 2. The molecule has 4 N–H and O–H groups in total. The largest absolute Gasteiger partial charge is 0.482 e. The fourth-order valence-corrected chi connectivity index (χ4v) is 1.37. The van der Waals surface area contributed by atoms with E-state index in [0.717, 1.165) is 0 Å². The van der Waals surface area contributed by atoms with Crippen LogP contribution in [0.5, 0.6) is 5.75 Å². The Morgan fingerprint density at radius 2 is 1.70 bits per heavy atom. The molecule has 0 atom stereocenters. The quantitative estimate of drug-likeness (QED) is 0.739. The first-order valence-electron chi connectivity index (χ1n) is 5.73. The number of carbonyl (C=O) groups is 1. The van der Waals surface area contributed by atoms with Crippen molar-refractivity contribution in [3.8, 4) is 5.75 Å². The van der Waals surface area contributed by atoms with Crippen LogP contribution in [0.2, 0.25) is 0 Å². The van der Waals surface area contributed by atoms with Gasteiger partial charge in [-0.25, -0.2) is 4.79 Å². The summed E-state index contributed by atoms with van der Waals surface area (Å²) in [6, 6.07) is 8.93. The second-order valence-corrected chi connectivity index (χ2v) is 3.73. The fraction of sp³-hybridized carbons (Fsp3) is 0.167. The van der Waals surface area contributed by atoms with Gasteiger partial charge in [-0.2, -0.15) is 15.0 Å². The van der Waals surface area contributed by atoms with Crippen LogP contribution < -0.4 is 16.2 Å². The van der Waals surface area contributed by atoms with Crippen molar-refractivity contribution in [2.24, 2.45) is 0 Å². The van der Waals surface area contributed by atoms with E-state index in [-0.39, 0.29) is 30.9 Å². The lowest BCUT2D eigenvalue weighted by molar-refractivity contribution is -0.147. The lowest BCUT2D eigenvalue weighted by atomic mass is 10.3. The van der Waals surface area contributed by atoms with E-state index in [4.69, 9.17) is 20.9 Å². The first kappa shape index (κ1) is 13.5. The van der Waals surface area contributed by atoms with Gasteiger partial charge in [0, 0.05) is 0 Å². The van der Waals surface area contributed by atoms with Crippen LogP contribution in [0, 0.1) is 0 Å². The Morgan fingerprint density at radius 3 is 2.35 bits per heavy atom. The Hall–Kier alpha value is -2.90. The van der Waals surface area contributed by atoms with Crippen LogP contribution in [-0.4, -0.2) is 27.5 Å². The average molecular weight is 275 g/mol. The molecule has 0 saturated heterocycles. The van der Waals surface area contributed by atoms with E-state index >= 15 is 0 Å². The maximum absolute atomic E-state index is 11.5. The number of esters is 1. The third-order valence-electron chi connectivity index (χ3n) is 2.18. The van der Waals surface area contributed by atoms with Gasteiger partial charge in [-0.15, -0.1) is 0 Å². The SMILES string of the molecule is Nc1nc(N)nc(COC(=O)COc2ccccc2)n1. The molecule has 2 rings (SSSR count). The van der Waals surface area contributed by atoms with Gasteiger partial charge in [0.25, 0.3) is 0 Å². The summed E-state index contributed by atoms with van der Waals surface area (Å²) in [5.74, 6) is 0.167. The lowest BCUT2D eigenvalue weighted by Crippen LogP contribution is -2.16. The highest BCUT2D eigenvalue weighted by molar-refractivity contribution is 5.71. The van der Waals surface area contributed by atoms with Gasteiger partial charge in [0.2, 0.25) is 11.9 Å². The number of hydrogen-bond acceptors (Lipinski definition) is 8. The number of nitrogens with two attached hydrogens (primary N) is 2. The van der Waals surface area contributed by atoms with Gasteiger partial charge < -0.3 is 20.9 Å². The molecule has 0 amide bonds. The maximum Gasteiger partial charge on any atom is 0.344 e. The molecule has 0 aliphatic rings. The highest BCUT2D eigenvalue weighted by Crippen LogP contribution is 2.08. The van der Waals surface area contributed by atoms with Crippen LogP contribution in [0.3, 0.4) is 0 Å². The predicted molar refractivity (Wildman–Crippen MR) is 70.4 cm³/mol. The number of rotatable bonds is 5. The molecular weight excluding hydrogens is 262 g/mol. The predicted octanol–water partition coefficient (Wildman–Crippen LogP) is 0.158. The minimum atomic E-state index is -0.550. The second kappa shape index (κ2) is 6.32. The standard InChI is InChI=1S/C12H13N5O3/c13-11-15-9(16-12(14)17-11)6-20-10(18)7-19-8-4-2-1-3-5-8/h1-5H,6-7H2,(H4,13,14,15,16,17). The van der Waals surface area contributed by atoms with Gasteiger partial charge in [0.1, 0.15) is 5.75 Å². The topological polar surface area (TPSA) is 126 Å². The molecule has 0 bridgehead atoms. The first-order valence-corrected chi connectivity index (χ1v) is 5.73. The number of nitrogen functional groups attached to an aromatic ring is 2. The van der Waals surface area contributed by atoms with Crippen LogP contribution in [0.4, 0.5) is 11.9 Å². The molecule has 0 unspecified atom stereocenters. The third-order valence-corrected chi connectivity index (χ3v) is 2.18. The van der Waals surface area contributed by atoms with E-state index in [1.807, 2.05) is 6.07 Å². The Labute approximate surface area is 114 Å². The highest BCUT2D eigenvalue weighted by atomic mass is 16.6. The van der Waals surface area contributed by atoms with E-state index in [9.17, 15) is 4.79 Å². The van der Waals surface area contributed by atoms with Gasteiger partial charge in [-0.05, 0) is 12.1 Å². The number of benzene rings is 1. The molecule has 8 heteroatoms. The number of anilines is 2. The zero-order chi connectivity index (χ0) is 14.4. The molecule has 104 valence electrons. The van der Waals surface area contributed by atoms with Crippen molar-refractivity contribution in [2.75, 3.05) is 18.1 Å². The van der Waals surface area contributed by atoms with Crippen molar-refractivity contribution >= 4 is 17.9 Å². The molecule has 8 nitrogen and oxygen atoms in total. The normalized spacial score (nSPS) is 10.0. The van der Waals surface area contributed by atoms with Crippen molar-refractivity contribution < 1.29 is 14.3 Å². The van der Waals surface area contributed by atoms with Crippen molar-refractivity contribution in [1.29, 1.82) is 0 Å². The third kappa shape index (κ3) is 4.09. The smallest absolute Gasteiger partial charge is 0.344 e. The van der Waals surface area contributed by atoms with E-state index < -0.39 is 5.97 Å². The fourth-order valence-electron chi connectivity index (χ4n) is 1.37. The number of para-hydroxylation sites is 1. The molecule has 20 heavy (non-hydrogen) atoms. The Morgan fingerprint density at radius 1 is 1.05 bits per heavy atom. The van der Waals surface area contributed by atoms with Gasteiger partial charge >= 0.3 is 5.97 Å². The summed E-state index contributed by atoms with van der Waals surface area (Å²) in [5, 5.41) is 0. The number of carbonyl (C=O) groups excluding carboxylic acids is 1. The lowest BCUT2D eigenvalue weighted by Gasteiger charge is -2.06. The van der Waals surface area contributed by atoms with E-state index in [0.29, 0.717) is 5.75 Å². The zero-order valence-electron chi connectivity index (χ0n) is 10.5. The van der Waals surface area contributed by atoms with Crippen molar-refractivity contribution in [3.63, 3.8) is 0 Å². The molecule has 0 saturated carbocycles. The zero-order valence-corrected chi connectivity index (χ0v) is 10.5. The number of hydrogen-bond donors (Lipinski definition) is 2. The van der Waals surface area contributed by atoms with Gasteiger partial charge in [-0.1, -0.05) is 18.2 Å². The van der Waals surface area contributed by atoms with Crippen LogP contribution in [0.15, 0.2) is 30.3 Å². The summed E-state index contributed by atoms with van der Waals surface area (Å²) in [4.78, 5) is 22.6. The summed E-state index contributed by atoms with van der Waals surface area (Å²) in [7, 11) is 0. The minimum absolute atomic E-state index is 0.0240. The number of aromatic nitrogens is 3. The summed E-state index contributed by atoms with van der Waals surface area (Å²) < 4.78 is 10.2. The summed E-state index contributed by atoms with van der Waals surface area (Å²) in [6.45, 7) is -0.353. The Balaban J connectivity index is 1.80. The number of nitrogens with zero attached hydrogens (tertiary/aromatic N) is 3. The molecule has 0 aliphatic heterocycles. The Bertz CT molecular complexity index is 571. The van der Waals surface area contributed by atoms with Crippen molar-refractivity contribution in [2.45, 2.75) is 6.61 Å². The molecule has 1 aromatic carbocycles. The minimum Gasteiger partial charge on any atom is -0.482 e. The van der Waals surface area contributed by atoms with Crippen LogP contribution in [0.25, 0.3) is 0 Å². The molecule has 2 aromatic rings. The van der Waals surface area contributed by atoms with Crippen molar-refractivity contribution in [3.05, 3.63) is 36.2 Å². The summed E-state index contributed by atoms with van der Waals surface area (Å²) >= 11 is 0. The van der Waals surface area contributed by atoms with Gasteiger partial charge in [0.05, 0.1) is 0 Å². The molecule has 0 radical (unpaired) electrons. The monoisotopic (exact) mass is 275 g/mol. The molecule has 0 spiro atoms. The molecule has 0 aliphatic carbocycles. The summed E-state index contributed by atoms with van der Waals surface area (Å²) in [6.07, 6.45) is 0. The van der Waals surface area contributed by atoms with Crippen molar-refractivity contribution in [1.82, 2.24) is 15.0 Å². The second-order valence-electron chi connectivity index (χ2n) is 3.73. The van der Waals surface area contributed by atoms with Crippen LogP contribution in [-0.2, 0) is 16.1 Å². The molecule has 0 fully saturated rings. The van der Waals surface area contributed by atoms with Crippen LogP contribution >= 0.6 is 0 Å².